The first-order valence-electron chi connectivity index (χ1n) is 6.95. The fraction of sp³-hybridized carbons (Fsp3) is 0. The molecule has 0 amide bonds. The van der Waals surface area contributed by atoms with Crippen molar-refractivity contribution in [3.63, 3.8) is 0 Å². The molecule has 0 radical (unpaired) electrons. The van der Waals surface area contributed by atoms with Crippen LogP contribution in [0.4, 0.5) is 11.4 Å². The fourth-order valence-electron chi connectivity index (χ4n) is 2.12. The van der Waals surface area contributed by atoms with Crippen molar-refractivity contribution in [3.8, 4) is 11.3 Å². The van der Waals surface area contributed by atoms with Gasteiger partial charge in [0.1, 0.15) is 0 Å². The average Bonchev–Trinajstić information content (AvgIpc) is 3.11. The first-order chi connectivity index (χ1) is 12.0. The molecule has 0 aliphatic carbocycles. The van der Waals surface area contributed by atoms with Crippen molar-refractivity contribution in [3.05, 3.63) is 83.8 Å². The second-order valence-corrected chi connectivity index (χ2v) is 6.78. The molecule has 0 bridgehead atoms. The molecule has 8 nitrogen and oxygen atoms in total. The SMILES string of the molecule is O=C(c1ccc([N+](=O)[O-])cc1)c1nc(-c2ccc([N+](=O)[O-])cc2)c[se]1. The number of nitro benzene ring substituents is 2. The van der Waals surface area contributed by atoms with Gasteiger partial charge in [0.15, 0.2) is 0 Å². The number of hydrogen-bond acceptors (Lipinski definition) is 6. The van der Waals surface area contributed by atoms with Crippen LogP contribution in [0.25, 0.3) is 11.3 Å². The molecule has 1 heterocycles. The Hall–Kier alpha value is -3.16. The van der Waals surface area contributed by atoms with Crippen molar-refractivity contribution < 1.29 is 14.6 Å². The Morgan fingerprint density at radius 2 is 1.40 bits per heavy atom. The Morgan fingerprint density at radius 1 is 0.880 bits per heavy atom. The summed E-state index contributed by atoms with van der Waals surface area (Å²) < 4.78 is 0.384. The summed E-state index contributed by atoms with van der Waals surface area (Å²) in [5.74, 6) is -0.275. The summed E-state index contributed by atoms with van der Waals surface area (Å²) in [6, 6.07) is 11.3. The van der Waals surface area contributed by atoms with E-state index in [1.807, 2.05) is 4.94 Å². The van der Waals surface area contributed by atoms with Gasteiger partial charge in [-0.05, 0) is 0 Å². The van der Waals surface area contributed by atoms with Crippen LogP contribution in [0, 0.1) is 20.2 Å². The molecular formula is C16H9N3O5Se. The van der Waals surface area contributed by atoms with Crippen molar-refractivity contribution in [2.45, 2.75) is 0 Å². The van der Waals surface area contributed by atoms with E-state index in [0.717, 1.165) is 0 Å². The Kier molecular flexibility index (Phi) is 4.51. The molecule has 3 aromatic rings. The summed E-state index contributed by atoms with van der Waals surface area (Å²) in [6.45, 7) is 0. The van der Waals surface area contributed by atoms with Gasteiger partial charge in [-0.3, -0.25) is 0 Å². The summed E-state index contributed by atoms with van der Waals surface area (Å²) in [6.07, 6.45) is 0. The summed E-state index contributed by atoms with van der Waals surface area (Å²) in [5.41, 5.74) is 1.53. The third-order valence-corrected chi connectivity index (χ3v) is 5.18. The second-order valence-electron chi connectivity index (χ2n) is 4.97. The number of ketones is 1. The van der Waals surface area contributed by atoms with E-state index >= 15 is 0 Å². The van der Waals surface area contributed by atoms with E-state index in [0.29, 0.717) is 21.4 Å². The molecule has 0 saturated heterocycles. The van der Waals surface area contributed by atoms with Gasteiger partial charge in [0.2, 0.25) is 0 Å². The predicted octanol–water partition coefficient (Wildman–Crippen LogP) is 2.85. The molecule has 2 aromatic carbocycles. The van der Waals surface area contributed by atoms with Gasteiger partial charge in [0, 0.05) is 0 Å². The van der Waals surface area contributed by atoms with E-state index in [4.69, 9.17) is 0 Å². The maximum absolute atomic E-state index is 12.4. The van der Waals surface area contributed by atoms with Crippen LogP contribution in [0.15, 0.2) is 53.5 Å². The van der Waals surface area contributed by atoms with Crippen molar-refractivity contribution in [1.29, 1.82) is 0 Å². The molecule has 25 heavy (non-hydrogen) atoms. The zero-order chi connectivity index (χ0) is 18.0. The Labute approximate surface area is 146 Å². The fourth-order valence-corrected chi connectivity index (χ4v) is 3.78. The molecule has 0 atom stereocenters. The molecule has 0 saturated carbocycles. The first-order valence-corrected chi connectivity index (χ1v) is 8.80. The van der Waals surface area contributed by atoms with Gasteiger partial charge in [0.05, 0.1) is 0 Å². The van der Waals surface area contributed by atoms with Gasteiger partial charge in [-0.25, -0.2) is 0 Å². The van der Waals surface area contributed by atoms with E-state index in [1.54, 1.807) is 12.1 Å². The minimum absolute atomic E-state index is 0.0148. The maximum atomic E-state index is 12.4. The monoisotopic (exact) mass is 403 g/mol. The molecule has 0 aliphatic heterocycles. The zero-order valence-corrected chi connectivity index (χ0v) is 14.2. The van der Waals surface area contributed by atoms with E-state index in [-0.39, 0.29) is 31.7 Å². The molecule has 1 aromatic heterocycles. The third-order valence-electron chi connectivity index (χ3n) is 3.41. The predicted molar refractivity (Wildman–Crippen MR) is 89.8 cm³/mol. The number of hydrogen-bond donors (Lipinski definition) is 0. The minimum atomic E-state index is -0.528. The number of aromatic nitrogens is 1. The van der Waals surface area contributed by atoms with Gasteiger partial charge in [0.25, 0.3) is 0 Å². The van der Waals surface area contributed by atoms with Gasteiger partial charge in [-0.1, -0.05) is 0 Å². The molecule has 0 fully saturated rings. The van der Waals surface area contributed by atoms with E-state index in [1.165, 1.54) is 36.4 Å². The number of rotatable bonds is 5. The van der Waals surface area contributed by atoms with Crippen LogP contribution in [0.1, 0.15) is 14.9 Å². The van der Waals surface area contributed by atoms with Crippen LogP contribution >= 0.6 is 0 Å². The average molecular weight is 402 g/mol. The zero-order valence-electron chi connectivity index (χ0n) is 12.5. The van der Waals surface area contributed by atoms with Gasteiger partial charge in [-0.15, -0.1) is 0 Å². The van der Waals surface area contributed by atoms with Gasteiger partial charge in [-0.2, -0.15) is 0 Å². The molecule has 0 spiro atoms. The van der Waals surface area contributed by atoms with Crippen LogP contribution in [0.5, 0.6) is 0 Å². The Bertz CT molecular complexity index is 964. The van der Waals surface area contributed by atoms with Crippen molar-refractivity contribution >= 4 is 31.7 Å². The van der Waals surface area contributed by atoms with Crippen molar-refractivity contribution in [2.75, 3.05) is 0 Å². The number of carbonyl (C=O) groups excluding carboxylic acids is 1. The molecule has 0 aliphatic rings. The van der Waals surface area contributed by atoms with E-state index < -0.39 is 9.85 Å². The summed E-state index contributed by atoms with van der Waals surface area (Å²) in [7, 11) is 0. The van der Waals surface area contributed by atoms with Crippen LogP contribution in [-0.4, -0.2) is 35.1 Å². The van der Waals surface area contributed by atoms with Gasteiger partial charge >= 0.3 is 146 Å². The third kappa shape index (κ3) is 3.52. The summed E-state index contributed by atoms with van der Waals surface area (Å²) in [4.78, 5) is 38.9. The first kappa shape index (κ1) is 16.7. The molecule has 9 heteroatoms. The van der Waals surface area contributed by atoms with Crippen LogP contribution in [-0.2, 0) is 0 Å². The number of nitrogens with zero attached hydrogens (tertiary/aromatic N) is 3. The van der Waals surface area contributed by atoms with Crippen molar-refractivity contribution in [1.82, 2.24) is 4.98 Å². The number of carbonyl (C=O) groups is 1. The van der Waals surface area contributed by atoms with Crippen molar-refractivity contribution in [2.24, 2.45) is 0 Å². The molecule has 0 N–H and O–H groups in total. The molecule has 3 rings (SSSR count). The van der Waals surface area contributed by atoms with Crippen LogP contribution in [0.2, 0.25) is 0 Å². The number of benzene rings is 2. The molecule has 124 valence electrons. The number of nitro groups is 2. The number of non-ortho nitro benzene ring substituents is 2. The Balaban J connectivity index is 1.83. The normalized spacial score (nSPS) is 10.4. The topological polar surface area (TPSA) is 116 Å². The second kappa shape index (κ2) is 6.76. The van der Waals surface area contributed by atoms with Crippen LogP contribution < -0.4 is 0 Å². The molecule has 0 unspecified atom stereocenters. The standard InChI is InChI=1S/C16H9N3O5Se/c20-15(11-3-7-13(8-4-11)19(23)24)16-17-14(9-25-16)10-1-5-12(6-2-10)18(21)22/h1-9H. The Morgan fingerprint density at radius 3 is 1.92 bits per heavy atom. The van der Waals surface area contributed by atoms with E-state index in [9.17, 15) is 25.0 Å². The molecular weight excluding hydrogens is 393 g/mol. The van der Waals surface area contributed by atoms with Gasteiger partial charge < -0.3 is 0 Å². The van der Waals surface area contributed by atoms with E-state index in [2.05, 4.69) is 4.98 Å². The van der Waals surface area contributed by atoms with Crippen LogP contribution in [0.3, 0.4) is 0 Å². The summed E-state index contributed by atoms with van der Waals surface area (Å²) >= 11 is -0.268. The summed E-state index contributed by atoms with van der Waals surface area (Å²) in [5, 5.41) is 21.3. The quantitative estimate of drug-likeness (QED) is 0.280.